The number of rotatable bonds is 5. The molecule has 1 amide bonds. The van der Waals surface area contributed by atoms with Gasteiger partial charge in [-0.15, -0.1) is 0 Å². The molecule has 30 heavy (non-hydrogen) atoms. The highest BCUT2D eigenvalue weighted by atomic mass is 32.1. The summed E-state index contributed by atoms with van der Waals surface area (Å²) in [6.07, 6.45) is 3.70. The van der Waals surface area contributed by atoms with E-state index in [1.165, 1.54) is 31.4 Å². The molecule has 2 N–H and O–H groups in total. The van der Waals surface area contributed by atoms with E-state index in [9.17, 15) is 14.0 Å². The van der Waals surface area contributed by atoms with Crippen LogP contribution in [0.4, 0.5) is 4.39 Å². The van der Waals surface area contributed by atoms with Crippen molar-refractivity contribution in [2.45, 2.75) is 19.3 Å². The number of likely N-dealkylation sites (tertiary alicyclic amines) is 1. The van der Waals surface area contributed by atoms with Crippen LogP contribution in [0.25, 0.3) is 16.6 Å². The summed E-state index contributed by atoms with van der Waals surface area (Å²) in [5.41, 5.74) is 0.539. The van der Waals surface area contributed by atoms with E-state index in [1.807, 2.05) is 0 Å². The second kappa shape index (κ2) is 8.89. The minimum absolute atomic E-state index is 0.0697. The summed E-state index contributed by atoms with van der Waals surface area (Å²) in [5, 5.41) is 3.26. The number of hydrogen-bond donors (Lipinski definition) is 2. The van der Waals surface area contributed by atoms with Gasteiger partial charge in [-0.2, -0.15) is 0 Å². The minimum atomic E-state index is -0.539. The molecule has 3 aromatic rings. The number of halogens is 1. The van der Waals surface area contributed by atoms with Crippen LogP contribution in [0.2, 0.25) is 0 Å². The maximum Gasteiger partial charge on any atom is 0.266 e. The summed E-state index contributed by atoms with van der Waals surface area (Å²) in [6, 6.07) is 10.7. The van der Waals surface area contributed by atoms with Crippen LogP contribution in [0.15, 0.2) is 47.3 Å². The molecule has 8 heteroatoms. The third kappa shape index (κ3) is 4.20. The van der Waals surface area contributed by atoms with Crippen LogP contribution < -0.4 is 10.9 Å². The first-order valence-electron chi connectivity index (χ1n) is 10.1. The Morgan fingerprint density at radius 3 is 2.67 bits per heavy atom. The molecular weight excluding hydrogens is 403 g/mol. The predicted molar refractivity (Wildman–Crippen MR) is 117 cm³/mol. The van der Waals surface area contributed by atoms with Gasteiger partial charge in [0.15, 0.2) is 4.77 Å². The molecule has 1 saturated heterocycles. The van der Waals surface area contributed by atoms with Crippen LogP contribution in [0.5, 0.6) is 0 Å². The van der Waals surface area contributed by atoms with Gasteiger partial charge in [0.25, 0.3) is 11.5 Å². The molecule has 0 atom stereocenters. The highest BCUT2D eigenvalue weighted by Gasteiger charge is 2.14. The van der Waals surface area contributed by atoms with Crippen molar-refractivity contribution in [3.8, 4) is 5.69 Å². The topological polar surface area (TPSA) is 70.1 Å². The molecule has 2 aromatic carbocycles. The molecule has 0 bridgehead atoms. The predicted octanol–water partition coefficient (Wildman–Crippen LogP) is 3.40. The highest BCUT2D eigenvalue weighted by molar-refractivity contribution is 7.71. The van der Waals surface area contributed by atoms with E-state index in [2.05, 4.69) is 15.2 Å². The van der Waals surface area contributed by atoms with E-state index in [-0.39, 0.29) is 16.4 Å². The van der Waals surface area contributed by atoms with E-state index in [0.29, 0.717) is 23.0 Å². The fourth-order valence-corrected chi connectivity index (χ4v) is 4.11. The third-order valence-electron chi connectivity index (χ3n) is 5.42. The number of aromatic amines is 1. The number of para-hydroxylation sites is 1. The molecule has 6 nitrogen and oxygen atoms in total. The number of amides is 1. The number of H-pyrrole nitrogens is 1. The molecule has 0 saturated carbocycles. The zero-order chi connectivity index (χ0) is 21.1. The molecule has 0 spiro atoms. The summed E-state index contributed by atoms with van der Waals surface area (Å²) in [6.45, 7) is 3.56. The number of benzene rings is 2. The van der Waals surface area contributed by atoms with Gasteiger partial charge < -0.3 is 15.2 Å². The van der Waals surface area contributed by atoms with Crippen molar-refractivity contribution in [2.75, 3.05) is 26.2 Å². The Morgan fingerprint density at radius 1 is 1.13 bits per heavy atom. The number of piperidine rings is 1. The molecule has 0 unspecified atom stereocenters. The Kier molecular flexibility index (Phi) is 6.06. The Hall–Kier alpha value is -2.84. The van der Waals surface area contributed by atoms with E-state index in [1.54, 1.807) is 30.3 Å². The summed E-state index contributed by atoms with van der Waals surface area (Å²) < 4.78 is 15.4. The van der Waals surface area contributed by atoms with Gasteiger partial charge in [-0.25, -0.2) is 8.96 Å². The van der Waals surface area contributed by atoms with Gasteiger partial charge >= 0.3 is 0 Å². The molecule has 2 heterocycles. The van der Waals surface area contributed by atoms with Crippen LogP contribution in [0.3, 0.4) is 0 Å². The highest BCUT2D eigenvalue weighted by Crippen LogP contribution is 2.15. The first-order chi connectivity index (χ1) is 14.5. The number of hydrogen-bond acceptors (Lipinski definition) is 4. The van der Waals surface area contributed by atoms with Gasteiger partial charge in [0.1, 0.15) is 5.82 Å². The lowest BCUT2D eigenvalue weighted by Gasteiger charge is -2.26. The van der Waals surface area contributed by atoms with Crippen molar-refractivity contribution in [1.29, 1.82) is 0 Å². The zero-order valence-corrected chi connectivity index (χ0v) is 17.3. The largest absolute Gasteiger partial charge is 0.351 e. The molecular formula is C22H23FN4O2S. The van der Waals surface area contributed by atoms with Crippen LogP contribution in [-0.2, 0) is 0 Å². The van der Waals surface area contributed by atoms with Gasteiger partial charge in [-0.1, -0.05) is 18.6 Å². The normalized spacial score (nSPS) is 14.7. The van der Waals surface area contributed by atoms with Gasteiger partial charge in [0.2, 0.25) is 0 Å². The number of carbonyl (C=O) groups is 1. The van der Waals surface area contributed by atoms with Gasteiger partial charge in [0, 0.05) is 18.7 Å². The Morgan fingerprint density at radius 2 is 1.90 bits per heavy atom. The molecule has 1 aliphatic rings. The second-order valence-electron chi connectivity index (χ2n) is 7.44. The lowest BCUT2D eigenvalue weighted by atomic mass is 10.1. The maximum atomic E-state index is 14.2. The van der Waals surface area contributed by atoms with Crippen molar-refractivity contribution in [1.82, 2.24) is 19.8 Å². The van der Waals surface area contributed by atoms with Gasteiger partial charge in [-0.3, -0.25) is 9.59 Å². The molecule has 1 fully saturated rings. The maximum absolute atomic E-state index is 14.2. The van der Waals surface area contributed by atoms with E-state index in [0.717, 1.165) is 24.2 Å². The lowest BCUT2D eigenvalue weighted by Crippen LogP contribution is -2.37. The Balaban J connectivity index is 1.57. The molecule has 1 aliphatic heterocycles. The van der Waals surface area contributed by atoms with Crippen molar-refractivity contribution in [3.05, 3.63) is 69.0 Å². The summed E-state index contributed by atoms with van der Waals surface area (Å²) in [7, 11) is 0. The van der Waals surface area contributed by atoms with E-state index in [4.69, 9.17) is 12.2 Å². The SMILES string of the molecule is O=C(NCCN1CCCCC1)c1ccc2c(=O)n(-c3ccccc3F)c(=S)[nH]c2c1. The van der Waals surface area contributed by atoms with Crippen molar-refractivity contribution in [2.24, 2.45) is 0 Å². The quantitative estimate of drug-likeness (QED) is 0.614. The molecule has 4 rings (SSSR count). The van der Waals surface area contributed by atoms with E-state index < -0.39 is 11.4 Å². The van der Waals surface area contributed by atoms with Crippen LogP contribution in [0.1, 0.15) is 29.6 Å². The number of fused-ring (bicyclic) bond motifs is 1. The van der Waals surface area contributed by atoms with Crippen LogP contribution in [-0.4, -0.2) is 46.5 Å². The summed E-state index contributed by atoms with van der Waals surface area (Å²) in [5.74, 6) is -0.741. The minimum Gasteiger partial charge on any atom is -0.351 e. The van der Waals surface area contributed by atoms with Crippen LogP contribution >= 0.6 is 12.2 Å². The lowest BCUT2D eigenvalue weighted by molar-refractivity contribution is 0.0946. The first-order valence-corrected chi connectivity index (χ1v) is 10.5. The van der Waals surface area contributed by atoms with Gasteiger partial charge in [0.05, 0.1) is 16.6 Å². The second-order valence-corrected chi connectivity index (χ2v) is 7.83. The molecule has 0 aliphatic carbocycles. The standard InChI is InChI=1S/C22H23FN4O2S/c23-17-6-2-3-7-19(17)27-21(29)16-9-8-15(14-18(16)25-22(27)30)20(28)24-10-13-26-11-4-1-5-12-26/h2-3,6-9,14H,1,4-5,10-13H2,(H,24,28)(H,25,30). The average Bonchev–Trinajstić information content (AvgIpc) is 2.75. The van der Waals surface area contributed by atoms with Crippen molar-refractivity contribution in [3.63, 3.8) is 0 Å². The fourth-order valence-electron chi connectivity index (χ4n) is 3.82. The molecule has 156 valence electrons. The monoisotopic (exact) mass is 426 g/mol. The summed E-state index contributed by atoms with van der Waals surface area (Å²) in [4.78, 5) is 30.8. The fraction of sp³-hybridized carbons (Fsp3) is 0.318. The van der Waals surface area contributed by atoms with Gasteiger partial charge in [-0.05, 0) is 68.5 Å². The van der Waals surface area contributed by atoms with Crippen molar-refractivity contribution >= 4 is 29.0 Å². The number of carbonyl (C=O) groups excluding carboxylic acids is 1. The smallest absolute Gasteiger partial charge is 0.266 e. The number of aromatic nitrogens is 2. The van der Waals surface area contributed by atoms with E-state index >= 15 is 0 Å². The summed E-state index contributed by atoms with van der Waals surface area (Å²) >= 11 is 5.29. The van der Waals surface area contributed by atoms with Crippen molar-refractivity contribution < 1.29 is 9.18 Å². The third-order valence-corrected chi connectivity index (χ3v) is 5.70. The Bertz CT molecular complexity index is 1200. The zero-order valence-electron chi connectivity index (χ0n) is 16.5. The Labute approximate surface area is 178 Å². The molecule has 1 aromatic heterocycles. The number of nitrogens with one attached hydrogen (secondary N) is 2. The molecule has 0 radical (unpaired) electrons. The van der Waals surface area contributed by atoms with Crippen LogP contribution in [0, 0.1) is 10.6 Å². The first kappa shape index (κ1) is 20.4. The average molecular weight is 427 g/mol. The number of nitrogens with zero attached hydrogens (tertiary/aromatic N) is 2.